The topological polar surface area (TPSA) is 95.9 Å². The number of rotatable bonds is 76. The Morgan fingerprint density at radius 3 is 0.837 bits per heavy atom. The highest BCUT2D eigenvalue weighted by Gasteiger charge is 2.20. The number of esters is 1. The molecule has 1 amide bonds. The van der Waals surface area contributed by atoms with Crippen molar-refractivity contribution in [2.24, 2.45) is 0 Å². The fourth-order valence-corrected chi connectivity index (χ4v) is 13.0. The molecular weight excluding hydrogens is 1050 g/mol. The number of allylic oxidation sites excluding steroid dienone is 2. The molecule has 0 aromatic rings. The van der Waals surface area contributed by atoms with Gasteiger partial charge in [0.25, 0.3) is 0 Å². The fraction of sp³-hybridized carbons (Fsp3) is 0.950. The summed E-state index contributed by atoms with van der Waals surface area (Å²) in [7, 11) is 0. The van der Waals surface area contributed by atoms with Crippen LogP contribution in [0.2, 0.25) is 0 Å². The summed E-state index contributed by atoms with van der Waals surface area (Å²) in [4.78, 5) is 24.6. The fourth-order valence-electron chi connectivity index (χ4n) is 13.0. The van der Waals surface area contributed by atoms with Gasteiger partial charge in [0, 0.05) is 12.8 Å². The molecule has 0 rings (SSSR count). The van der Waals surface area contributed by atoms with E-state index < -0.39 is 12.1 Å². The van der Waals surface area contributed by atoms with E-state index in [1.54, 1.807) is 0 Å². The van der Waals surface area contributed by atoms with Gasteiger partial charge in [-0.1, -0.05) is 411 Å². The summed E-state index contributed by atoms with van der Waals surface area (Å²) in [6, 6.07) is -0.538. The Hall–Kier alpha value is -1.40. The number of carbonyl (C=O) groups is 2. The maximum atomic E-state index is 12.6. The Morgan fingerprint density at radius 1 is 0.314 bits per heavy atom. The number of carbonyl (C=O) groups excluding carboxylic acids is 2. The van der Waals surface area contributed by atoms with Crippen LogP contribution in [-0.4, -0.2) is 47.4 Å². The number of aliphatic hydroxyl groups excluding tert-OH is 2. The van der Waals surface area contributed by atoms with Crippen LogP contribution in [0.15, 0.2) is 12.2 Å². The van der Waals surface area contributed by atoms with Gasteiger partial charge in [0.1, 0.15) is 0 Å². The number of ether oxygens (including phenoxy) is 1. The Kier molecular flexibility index (Phi) is 74.8. The molecule has 0 aromatic heterocycles. The summed E-state index contributed by atoms with van der Waals surface area (Å²) in [5.74, 6) is -0.00954. The van der Waals surface area contributed by atoms with Crippen molar-refractivity contribution < 1.29 is 24.5 Å². The molecule has 0 aromatic carbocycles. The first-order valence-corrected chi connectivity index (χ1v) is 39.9. The van der Waals surface area contributed by atoms with Crippen LogP contribution in [0.1, 0.15) is 463 Å². The van der Waals surface area contributed by atoms with Crippen molar-refractivity contribution in [3.63, 3.8) is 0 Å². The predicted molar refractivity (Wildman–Crippen MR) is 380 cm³/mol. The highest BCUT2D eigenvalue weighted by Crippen LogP contribution is 2.20. The minimum Gasteiger partial charge on any atom is -0.466 e. The predicted octanol–water partition coefficient (Wildman–Crippen LogP) is 26.3. The van der Waals surface area contributed by atoms with E-state index in [9.17, 15) is 19.8 Å². The Morgan fingerprint density at radius 2 is 0.547 bits per heavy atom. The maximum Gasteiger partial charge on any atom is 0.305 e. The molecule has 0 heterocycles. The molecule has 0 aliphatic carbocycles. The molecule has 6 heteroatoms. The van der Waals surface area contributed by atoms with Crippen LogP contribution in [0.5, 0.6) is 0 Å². The summed E-state index contributed by atoms with van der Waals surface area (Å²) in [6.07, 6.45) is 96.0. The molecule has 2 unspecified atom stereocenters. The van der Waals surface area contributed by atoms with Crippen molar-refractivity contribution in [3.8, 4) is 0 Å². The van der Waals surface area contributed by atoms with Crippen molar-refractivity contribution >= 4 is 11.9 Å². The highest BCUT2D eigenvalue weighted by atomic mass is 16.5. The van der Waals surface area contributed by atoms with E-state index in [1.807, 2.05) is 0 Å². The lowest BCUT2D eigenvalue weighted by Crippen LogP contribution is -2.45. The molecule has 86 heavy (non-hydrogen) atoms. The molecule has 0 aliphatic rings. The average Bonchev–Trinajstić information content (AvgIpc) is 3.55. The van der Waals surface area contributed by atoms with Crippen molar-refractivity contribution in [1.82, 2.24) is 5.32 Å². The SMILES string of the molecule is CCCCCC/C=C\CCCCCCCC(=O)OCCCCCCCCCCCCCCCCCCCCCCCCCCCCCCCCCCCCCC(=O)NC(CO)C(O)CCCCCCCCCCCCCCCCCCCCCCC. The van der Waals surface area contributed by atoms with Crippen molar-refractivity contribution in [3.05, 3.63) is 12.2 Å². The normalized spacial score (nSPS) is 12.5. The average molecular weight is 1210 g/mol. The van der Waals surface area contributed by atoms with Gasteiger partial charge in [-0.25, -0.2) is 0 Å². The summed E-state index contributed by atoms with van der Waals surface area (Å²) in [6.45, 7) is 4.99. The van der Waals surface area contributed by atoms with E-state index in [2.05, 4.69) is 31.3 Å². The van der Waals surface area contributed by atoms with Gasteiger partial charge in [-0.05, 0) is 51.4 Å². The molecule has 6 nitrogen and oxygen atoms in total. The van der Waals surface area contributed by atoms with Gasteiger partial charge in [0.15, 0.2) is 0 Å². The third-order valence-corrected chi connectivity index (χ3v) is 19.1. The van der Waals surface area contributed by atoms with E-state index in [4.69, 9.17) is 4.74 Å². The van der Waals surface area contributed by atoms with Gasteiger partial charge >= 0.3 is 5.97 Å². The molecule has 2 atom stereocenters. The molecule has 0 bridgehead atoms. The van der Waals surface area contributed by atoms with E-state index >= 15 is 0 Å². The first-order valence-electron chi connectivity index (χ1n) is 39.9. The molecule has 0 radical (unpaired) electrons. The van der Waals surface area contributed by atoms with Gasteiger partial charge in [-0.2, -0.15) is 0 Å². The van der Waals surface area contributed by atoms with Crippen LogP contribution in [0.25, 0.3) is 0 Å². The summed E-state index contributed by atoms with van der Waals surface area (Å²) in [5.41, 5.74) is 0. The third-order valence-electron chi connectivity index (χ3n) is 19.1. The van der Waals surface area contributed by atoms with Crippen LogP contribution in [0.3, 0.4) is 0 Å². The van der Waals surface area contributed by atoms with Crippen LogP contribution in [-0.2, 0) is 14.3 Å². The number of nitrogens with one attached hydrogen (secondary N) is 1. The van der Waals surface area contributed by atoms with Crippen LogP contribution < -0.4 is 5.32 Å². The van der Waals surface area contributed by atoms with E-state index in [1.165, 1.54) is 385 Å². The smallest absolute Gasteiger partial charge is 0.305 e. The van der Waals surface area contributed by atoms with Gasteiger partial charge in [-0.15, -0.1) is 0 Å². The molecule has 0 saturated carbocycles. The first kappa shape index (κ1) is 84.6. The quantitative estimate of drug-likeness (QED) is 0.0320. The monoisotopic (exact) mass is 1210 g/mol. The zero-order chi connectivity index (χ0) is 62.0. The van der Waals surface area contributed by atoms with Crippen LogP contribution in [0.4, 0.5) is 0 Å². The zero-order valence-electron chi connectivity index (χ0n) is 58.8. The first-order chi connectivity index (χ1) is 42.5. The number of aliphatic hydroxyl groups is 2. The standard InChI is InChI=1S/C80H157NO5/c1-3-5-7-9-11-13-15-17-18-19-20-36-39-42-45-49-52-56-60-64-68-72-78(83)77(76-82)81-79(84)73-69-65-61-57-53-50-46-43-40-37-34-32-30-28-26-24-22-21-23-25-27-29-31-33-35-38-41-44-47-51-55-59-63-67-71-75-86-80(85)74-70-66-62-58-54-48-16-14-12-10-8-6-4-2/h14,16,77-78,82-83H,3-13,15,17-76H2,1-2H3,(H,81,84)/b16-14-. The lowest BCUT2D eigenvalue weighted by Gasteiger charge is -2.22. The third kappa shape index (κ3) is 71.7. The minimum absolute atomic E-state index is 0.0144. The van der Waals surface area contributed by atoms with E-state index in [0.29, 0.717) is 25.9 Å². The molecule has 3 N–H and O–H groups in total. The van der Waals surface area contributed by atoms with Gasteiger partial charge < -0.3 is 20.3 Å². The Labute approximate surface area is 539 Å². The Bertz CT molecular complexity index is 1300. The second-order valence-electron chi connectivity index (χ2n) is 27.8. The van der Waals surface area contributed by atoms with Gasteiger partial charge in [-0.3, -0.25) is 9.59 Å². The van der Waals surface area contributed by atoms with Crippen LogP contribution >= 0.6 is 0 Å². The number of hydrogen-bond acceptors (Lipinski definition) is 5. The van der Waals surface area contributed by atoms with Crippen molar-refractivity contribution in [1.29, 1.82) is 0 Å². The van der Waals surface area contributed by atoms with Gasteiger partial charge in [0.2, 0.25) is 5.91 Å². The number of amides is 1. The lowest BCUT2D eigenvalue weighted by molar-refractivity contribution is -0.143. The van der Waals surface area contributed by atoms with Crippen molar-refractivity contribution in [2.75, 3.05) is 13.2 Å². The lowest BCUT2D eigenvalue weighted by atomic mass is 10.0. The Balaban J connectivity index is 3.31. The highest BCUT2D eigenvalue weighted by molar-refractivity contribution is 5.76. The second kappa shape index (κ2) is 76.1. The van der Waals surface area contributed by atoms with E-state index in [0.717, 1.165) is 44.9 Å². The largest absolute Gasteiger partial charge is 0.466 e. The maximum absolute atomic E-state index is 12.6. The minimum atomic E-state index is -0.661. The molecule has 0 aliphatic heterocycles. The molecular formula is C80H157NO5. The van der Waals surface area contributed by atoms with E-state index in [-0.39, 0.29) is 18.5 Å². The molecule has 0 fully saturated rings. The molecule has 0 saturated heterocycles. The number of hydrogen-bond donors (Lipinski definition) is 3. The van der Waals surface area contributed by atoms with Crippen LogP contribution in [0, 0.1) is 0 Å². The summed E-state index contributed by atoms with van der Waals surface area (Å²) in [5, 5.41) is 23.5. The van der Waals surface area contributed by atoms with Gasteiger partial charge in [0.05, 0.1) is 25.4 Å². The zero-order valence-corrected chi connectivity index (χ0v) is 58.8. The summed E-state index contributed by atoms with van der Waals surface area (Å²) >= 11 is 0. The summed E-state index contributed by atoms with van der Waals surface area (Å²) < 4.78 is 5.49. The molecule has 0 spiro atoms. The molecule has 512 valence electrons. The second-order valence-corrected chi connectivity index (χ2v) is 27.8. The number of unbranched alkanes of at least 4 members (excludes halogenated alkanes) is 63. The van der Waals surface area contributed by atoms with Crippen molar-refractivity contribution in [2.45, 2.75) is 475 Å².